The topological polar surface area (TPSA) is 66.9 Å². The van der Waals surface area contributed by atoms with Gasteiger partial charge in [-0.1, -0.05) is 18.2 Å². The average molecular weight is 358 g/mol. The summed E-state index contributed by atoms with van der Waals surface area (Å²) in [6, 6.07) is 7.91. The maximum absolute atomic E-state index is 12.5. The van der Waals surface area contributed by atoms with E-state index in [0.717, 1.165) is 31.2 Å². The number of nitrogens with zero attached hydrogens (tertiary/aromatic N) is 2. The number of Topliss-reactive ketones (excluding diaryl/α,β-unsaturated/α-hetero) is 1. The Morgan fingerprint density at radius 1 is 1.15 bits per heavy atom. The van der Waals surface area contributed by atoms with E-state index in [1.807, 2.05) is 18.2 Å². The van der Waals surface area contributed by atoms with Crippen molar-refractivity contribution >= 4 is 17.8 Å². The molecule has 2 fully saturated rings. The summed E-state index contributed by atoms with van der Waals surface area (Å²) >= 11 is 0. The Morgan fingerprint density at radius 2 is 1.85 bits per heavy atom. The van der Waals surface area contributed by atoms with Crippen molar-refractivity contribution in [3.8, 4) is 0 Å². The predicted molar refractivity (Wildman–Crippen MR) is 97.1 cm³/mol. The van der Waals surface area contributed by atoms with E-state index in [0.29, 0.717) is 30.6 Å². The number of ether oxygens (including phenoxy) is 1. The van der Waals surface area contributed by atoms with Gasteiger partial charge in [0, 0.05) is 31.7 Å². The molecule has 1 aromatic carbocycles. The lowest BCUT2D eigenvalue weighted by Crippen LogP contribution is -2.37. The van der Waals surface area contributed by atoms with Gasteiger partial charge in [-0.2, -0.15) is 0 Å². The standard InChI is InChI=1S/C20H26N2O4/c1-21(17-6-7-17)19(24)13-18(23)16-5-3-4-15(12-16)14-8-10-22(11-9-14)20(25)26-2/h3-5,12,14,17H,6-11,13H2,1-2H3. The van der Waals surface area contributed by atoms with Crippen molar-refractivity contribution < 1.29 is 19.1 Å². The molecule has 2 amide bonds. The molecule has 0 atom stereocenters. The molecule has 0 aromatic heterocycles. The maximum atomic E-state index is 12.5. The molecule has 2 aliphatic rings. The molecule has 3 rings (SSSR count). The lowest BCUT2D eigenvalue weighted by Gasteiger charge is -2.31. The highest BCUT2D eigenvalue weighted by Crippen LogP contribution is 2.29. The Morgan fingerprint density at radius 3 is 2.46 bits per heavy atom. The van der Waals surface area contributed by atoms with E-state index < -0.39 is 0 Å². The number of ketones is 1. The number of hydrogen-bond donors (Lipinski definition) is 0. The molecule has 140 valence electrons. The van der Waals surface area contributed by atoms with E-state index in [1.165, 1.54) is 7.11 Å². The Bertz CT molecular complexity index is 691. The van der Waals surface area contributed by atoms with Gasteiger partial charge < -0.3 is 14.5 Å². The minimum Gasteiger partial charge on any atom is -0.453 e. The number of carbonyl (C=O) groups is 3. The number of hydrogen-bond acceptors (Lipinski definition) is 4. The third kappa shape index (κ3) is 4.23. The van der Waals surface area contributed by atoms with Crippen molar-refractivity contribution in [1.82, 2.24) is 9.80 Å². The van der Waals surface area contributed by atoms with Crippen LogP contribution in [-0.2, 0) is 9.53 Å². The third-order valence-electron chi connectivity index (χ3n) is 5.41. The molecule has 1 saturated heterocycles. The van der Waals surface area contributed by atoms with Gasteiger partial charge in [-0.15, -0.1) is 0 Å². The van der Waals surface area contributed by atoms with Crippen molar-refractivity contribution in [2.75, 3.05) is 27.2 Å². The quantitative estimate of drug-likeness (QED) is 0.600. The number of rotatable bonds is 5. The molecule has 1 aromatic rings. The normalized spacial score (nSPS) is 17.7. The highest BCUT2D eigenvalue weighted by atomic mass is 16.5. The van der Waals surface area contributed by atoms with Crippen LogP contribution in [0.15, 0.2) is 24.3 Å². The summed E-state index contributed by atoms with van der Waals surface area (Å²) in [6.45, 7) is 1.31. The fourth-order valence-corrected chi connectivity index (χ4v) is 3.52. The van der Waals surface area contributed by atoms with Crippen LogP contribution in [0.3, 0.4) is 0 Å². The fourth-order valence-electron chi connectivity index (χ4n) is 3.52. The number of benzene rings is 1. The second kappa shape index (κ2) is 7.89. The monoisotopic (exact) mass is 358 g/mol. The molecule has 1 heterocycles. The zero-order valence-electron chi connectivity index (χ0n) is 15.4. The van der Waals surface area contributed by atoms with Crippen LogP contribution in [0.25, 0.3) is 0 Å². The highest BCUT2D eigenvalue weighted by molar-refractivity contribution is 6.07. The van der Waals surface area contributed by atoms with Gasteiger partial charge in [0.15, 0.2) is 5.78 Å². The Labute approximate surface area is 154 Å². The largest absolute Gasteiger partial charge is 0.453 e. The van der Waals surface area contributed by atoms with E-state index in [-0.39, 0.29) is 24.2 Å². The summed E-state index contributed by atoms with van der Waals surface area (Å²) in [5, 5.41) is 0. The second-order valence-corrected chi connectivity index (χ2v) is 7.19. The first-order chi connectivity index (χ1) is 12.5. The first kappa shape index (κ1) is 18.4. The number of amides is 2. The van der Waals surface area contributed by atoms with E-state index >= 15 is 0 Å². The van der Waals surface area contributed by atoms with Crippen LogP contribution in [0.4, 0.5) is 4.79 Å². The summed E-state index contributed by atoms with van der Waals surface area (Å²) in [6.07, 6.45) is 3.40. The molecule has 1 aliphatic heterocycles. The Hall–Kier alpha value is -2.37. The lowest BCUT2D eigenvalue weighted by molar-refractivity contribution is -0.129. The van der Waals surface area contributed by atoms with E-state index in [2.05, 4.69) is 0 Å². The minimum atomic E-state index is -0.286. The molecule has 0 spiro atoms. The Balaban J connectivity index is 1.60. The van der Waals surface area contributed by atoms with Crippen molar-refractivity contribution in [3.05, 3.63) is 35.4 Å². The molecule has 1 saturated carbocycles. The molecule has 26 heavy (non-hydrogen) atoms. The predicted octanol–water partition coefficient (Wildman–Crippen LogP) is 2.83. The number of carbonyl (C=O) groups excluding carboxylic acids is 3. The molecule has 6 heteroatoms. The van der Waals surface area contributed by atoms with Crippen LogP contribution in [0.5, 0.6) is 0 Å². The summed E-state index contributed by atoms with van der Waals surface area (Å²) < 4.78 is 4.77. The molecule has 0 bridgehead atoms. The molecule has 0 N–H and O–H groups in total. The average Bonchev–Trinajstić information content (AvgIpc) is 3.52. The maximum Gasteiger partial charge on any atom is 0.409 e. The zero-order chi connectivity index (χ0) is 18.7. The molecular formula is C20H26N2O4. The first-order valence-electron chi connectivity index (χ1n) is 9.21. The van der Waals surface area contributed by atoms with Crippen LogP contribution < -0.4 is 0 Å². The van der Waals surface area contributed by atoms with Gasteiger partial charge in [-0.25, -0.2) is 4.79 Å². The van der Waals surface area contributed by atoms with Crippen LogP contribution in [0.2, 0.25) is 0 Å². The SMILES string of the molecule is COC(=O)N1CCC(c2cccc(C(=O)CC(=O)N(C)C3CC3)c2)CC1. The van der Waals surface area contributed by atoms with Gasteiger partial charge in [0.1, 0.15) is 0 Å². The van der Waals surface area contributed by atoms with Crippen LogP contribution in [0, 0.1) is 0 Å². The van der Waals surface area contributed by atoms with Crippen LogP contribution >= 0.6 is 0 Å². The number of piperidine rings is 1. The van der Waals surface area contributed by atoms with Gasteiger partial charge in [0.05, 0.1) is 13.5 Å². The highest BCUT2D eigenvalue weighted by Gasteiger charge is 2.30. The van der Waals surface area contributed by atoms with E-state index in [9.17, 15) is 14.4 Å². The summed E-state index contributed by atoms with van der Waals surface area (Å²) in [7, 11) is 3.17. The lowest BCUT2D eigenvalue weighted by atomic mass is 9.88. The smallest absolute Gasteiger partial charge is 0.409 e. The van der Waals surface area contributed by atoms with Crippen molar-refractivity contribution in [1.29, 1.82) is 0 Å². The van der Waals surface area contributed by atoms with E-state index in [4.69, 9.17) is 4.74 Å². The van der Waals surface area contributed by atoms with E-state index in [1.54, 1.807) is 22.9 Å². The van der Waals surface area contributed by atoms with Gasteiger partial charge in [0.25, 0.3) is 0 Å². The third-order valence-corrected chi connectivity index (χ3v) is 5.41. The summed E-state index contributed by atoms with van der Waals surface area (Å²) in [5.74, 6) is 0.0825. The first-order valence-corrected chi connectivity index (χ1v) is 9.21. The van der Waals surface area contributed by atoms with Crippen LogP contribution in [-0.4, -0.2) is 60.9 Å². The van der Waals surface area contributed by atoms with Crippen LogP contribution in [0.1, 0.15) is 53.9 Å². The van der Waals surface area contributed by atoms with Crippen molar-refractivity contribution in [2.45, 2.75) is 44.1 Å². The van der Waals surface area contributed by atoms with Crippen molar-refractivity contribution in [2.24, 2.45) is 0 Å². The number of methoxy groups -OCH3 is 1. The summed E-state index contributed by atoms with van der Waals surface area (Å²) in [5.41, 5.74) is 1.69. The fraction of sp³-hybridized carbons (Fsp3) is 0.550. The molecule has 6 nitrogen and oxygen atoms in total. The van der Waals surface area contributed by atoms with Gasteiger partial charge in [-0.05, 0) is 43.2 Å². The molecule has 0 radical (unpaired) electrons. The molecular weight excluding hydrogens is 332 g/mol. The molecule has 0 unspecified atom stereocenters. The second-order valence-electron chi connectivity index (χ2n) is 7.19. The number of likely N-dealkylation sites (tertiary alicyclic amines) is 1. The van der Waals surface area contributed by atoms with Gasteiger partial charge in [-0.3, -0.25) is 9.59 Å². The van der Waals surface area contributed by atoms with Gasteiger partial charge >= 0.3 is 6.09 Å². The Kier molecular flexibility index (Phi) is 5.59. The van der Waals surface area contributed by atoms with Gasteiger partial charge in [0.2, 0.25) is 5.91 Å². The minimum absolute atomic E-state index is 0.0722. The zero-order valence-corrected chi connectivity index (χ0v) is 15.4. The summed E-state index contributed by atoms with van der Waals surface area (Å²) in [4.78, 5) is 39.7. The van der Waals surface area contributed by atoms with Crippen molar-refractivity contribution in [3.63, 3.8) is 0 Å². The molecule has 1 aliphatic carbocycles.